The zero-order chi connectivity index (χ0) is 110. The molecule has 0 aromatic carbocycles. The molecule has 18 atom stereocenters. The summed E-state index contributed by atoms with van der Waals surface area (Å²) in [4.78, 5) is 74.2. The summed E-state index contributed by atoms with van der Waals surface area (Å²) in [6, 6.07) is 0. The second kappa shape index (κ2) is 98.2. The third-order valence-electron chi connectivity index (χ3n) is 32.8. The SMILES string of the molecule is CCCCCCCCCCCCCCCCCCCC[C@H](C)C[C@H](C)/C=C(\C)C(=O)O[C@H]1C(O)[C@H](OC(=O)/C(C)=C/[C@@H](C)C[C@@H](C)CCCCCCCCCCCCCCCC)C(CO)O[C@@H]1O[C@H]1OC(COC(=O)/C(C)=C/[C@@H](C)C[C@@H](C)CCCCCCCCCCCCCCCC)[C@@H](O)C(OC(=O)/C(C)=C/[C@@H](C)C[C@@H](C)CCCCCCCCCCCCCCCCCC)[C@H]1OC(=O)CCCCCCCCCCCCCCC. The van der Waals surface area contributed by atoms with Crippen LogP contribution in [0.25, 0.3) is 0 Å². The number of allylic oxidation sites excluding steroid dienone is 4. The summed E-state index contributed by atoms with van der Waals surface area (Å²) in [6.07, 6.45) is 93.8. The van der Waals surface area contributed by atoms with Gasteiger partial charge < -0.3 is 53.2 Å². The fraction of sp³-hybridized carbons (Fsp3) is 0.903. The Labute approximate surface area is 927 Å². The number of hydrogen-bond acceptors (Lipinski definition) is 16. The lowest BCUT2D eigenvalue weighted by Gasteiger charge is -2.47. The number of carbonyl (C=O) groups is 5. The molecule has 150 heavy (non-hydrogen) atoms. The molecule has 2 fully saturated rings. The van der Waals surface area contributed by atoms with E-state index in [4.69, 9.17) is 37.9 Å². The summed E-state index contributed by atoms with van der Waals surface area (Å²) < 4.78 is 52.3. The van der Waals surface area contributed by atoms with Crippen LogP contribution in [0.5, 0.6) is 0 Å². The average Bonchev–Trinajstić information content (AvgIpc) is 0.770. The molecule has 16 nitrogen and oxygen atoms in total. The normalized spacial score (nSPS) is 20.1. The van der Waals surface area contributed by atoms with E-state index < -0.39 is 104 Å². The van der Waals surface area contributed by atoms with E-state index in [0.29, 0.717) is 41.2 Å². The summed E-state index contributed by atoms with van der Waals surface area (Å²) in [6.45, 7) is 34.2. The highest BCUT2D eigenvalue weighted by Gasteiger charge is 2.56. The van der Waals surface area contributed by atoms with Crippen LogP contribution in [0.3, 0.4) is 0 Å². The van der Waals surface area contributed by atoms with Crippen LogP contribution in [0.4, 0.5) is 0 Å². The number of unbranched alkanes of at least 4 members (excludes halogenated alkanes) is 70. The van der Waals surface area contributed by atoms with Gasteiger partial charge in [0.25, 0.3) is 0 Å². The van der Waals surface area contributed by atoms with E-state index in [9.17, 15) is 29.7 Å². The van der Waals surface area contributed by atoms with Gasteiger partial charge in [0, 0.05) is 28.7 Å². The van der Waals surface area contributed by atoms with E-state index >= 15 is 9.59 Å². The molecule has 880 valence electrons. The van der Waals surface area contributed by atoms with Gasteiger partial charge in [0.1, 0.15) is 31.0 Å². The highest BCUT2D eigenvalue weighted by molar-refractivity contribution is 5.89. The van der Waals surface area contributed by atoms with Crippen molar-refractivity contribution in [2.24, 2.45) is 47.3 Å². The van der Waals surface area contributed by atoms with Gasteiger partial charge in [-0.25, -0.2) is 19.2 Å². The van der Waals surface area contributed by atoms with E-state index in [-0.39, 0.29) is 41.2 Å². The predicted molar refractivity (Wildman–Crippen MR) is 633 cm³/mol. The highest BCUT2D eigenvalue weighted by Crippen LogP contribution is 2.38. The summed E-state index contributed by atoms with van der Waals surface area (Å²) in [5, 5.41) is 37.6. The molecule has 2 aliphatic heterocycles. The maximum Gasteiger partial charge on any atom is 0.333 e. The Hall–Kier alpha value is -3.93. The van der Waals surface area contributed by atoms with Crippen LogP contribution in [0.2, 0.25) is 0 Å². The van der Waals surface area contributed by atoms with Crippen molar-refractivity contribution in [2.45, 2.75) is 718 Å². The molecule has 4 unspecified atom stereocenters. The van der Waals surface area contributed by atoms with Crippen molar-refractivity contribution in [3.63, 3.8) is 0 Å². The first-order chi connectivity index (χ1) is 72.7. The van der Waals surface area contributed by atoms with Crippen LogP contribution in [-0.4, -0.2) is 120 Å². The molecule has 0 amide bonds. The Bertz CT molecular complexity index is 3270. The van der Waals surface area contributed by atoms with E-state index in [2.05, 4.69) is 90.0 Å². The smallest absolute Gasteiger partial charge is 0.333 e. The fourth-order valence-corrected chi connectivity index (χ4v) is 23.4. The van der Waals surface area contributed by atoms with Gasteiger partial charge in [-0.1, -0.05) is 615 Å². The van der Waals surface area contributed by atoms with Gasteiger partial charge in [0.05, 0.1) is 6.61 Å². The Balaban J connectivity index is 2.69. The minimum absolute atomic E-state index is 0.00152. The second-order valence-electron chi connectivity index (χ2n) is 48.9. The Morgan fingerprint density at radius 1 is 0.247 bits per heavy atom. The van der Waals surface area contributed by atoms with Gasteiger partial charge in [-0.3, -0.25) is 4.79 Å². The molecule has 0 aromatic rings. The van der Waals surface area contributed by atoms with Crippen molar-refractivity contribution in [3.8, 4) is 0 Å². The monoisotopic (exact) mass is 2110 g/mol. The molecular formula is C134H248O16. The van der Waals surface area contributed by atoms with Crippen LogP contribution in [0, 0.1) is 47.3 Å². The molecule has 0 radical (unpaired) electrons. The van der Waals surface area contributed by atoms with Gasteiger partial charge in [-0.15, -0.1) is 0 Å². The topological polar surface area (TPSA) is 220 Å². The molecule has 3 N–H and O–H groups in total. The number of esters is 5. The first-order valence-corrected chi connectivity index (χ1v) is 65.4. The van der Waals surface area contributed by atoms with Crippen LogP contribution < -0.4 is 0 Å². The standard InChI is InChI=1S/C134H248O16/c1-18-23-28-33-38-43-48-53-57-59-60-62-67-71-76-81-86-91-96-111(9)101-115(13)105-119(17)132(142)149-127-124(138)125(147-130(140)117(15)103-113(11)99-109(7)94-89-84-79-74-69-65-56-51-46-41-36-31-26-21-4)120(106-135)144-133(127)150-134-128(146-122(136)97-92-87-82-77-72-63-52-47-42-37-32-27-22-5)126(148-131(141)118(16)104-114(12)100-110(8)95-90-85-80-75-70-66-61-58-54-49-44-39-34-29-24-19-2)123(137)121(145-134)107-143-129(139)116(14)102-112(10)98-108(6)93-88-83-78-73-68-64-55-50-45-40-35-30-25-20-3/h102-105,108-115,120-121,123-128,133-135,137-138H,18-101,106-107H2,1-17H3/b116-102+,117-103+,118-104+,119-105+/t108-,109-,110-,111-,112-,113-,114-,115-,120?,121?,123+,124?,125+,126?,127-,128+,133+,134+/m0/s1. The van der Waals surface area contributed by atoms with Gasteiger partial charge in [-0.05, 0) is 107 Å². The third-order valence-corrected chi connectivity index (χ3v) is 32.8. The molecule has 0 spiro atoms. The van der Waals surface area contributed by atoms with Crippen molar-refractivity contribution < 1.29 is 77.2 Å². The predicted octanol–water partition coefficient (Wildman–Crippen LogP) is 39.1. The van der Waals surface area contributed by atoms with Crippen molar-refractivity contribution in [2.75, 3.05) is 13.2 Å². The molecule has 0 saturated carbocycles. The summed E-state index contributed by atoms with van der Waals surface area (Å²) >= 11 is 0. The number of ether oxygens (including phenoxy) is 8. The molecule has 2 heterocycles. The lowest BCUT2D eigenvalue weighted by Crippen LogP contribution is -2.66. The zero-order valence-electron chi connectivity index (χ0n) is 102. The van der Waals surface area contributed by atoms with Gasteiger partial charge >= 0.3 is 29.8 Å². The fourth-order valence-electron chi connectivity index (χ4n) is 23.4. The molecule has 2 rings (SSSR count). The maximum absolute atomic E-state index is 15.1. The average molecular weight is 2120 g/mol. The van der Waals surface area contributed by atoms with Crippen LogP contribution in [-0.2, 0) is 61.9 Å². The van der Waals surface area contributed by atoms with E-state index in [1.54, 1.807) is 27.7 Å². The Morgan fingerprint density at radius 3 is 0.700 bits per heavy atom. The first-order valence-electron chi connectivity index (χ1n) is 65.4. The number of aliphatic hydroxyl groups excluding tert-OH is 3. The Kier molecular flexibility index (Phi) is 93.1. The van der Waals surface area contributed by atoms with Gasteiger partial charge in [0.15, 0.2) is 24.4 Å². The lowest BCUT2D eigenvalue weighted by molar-refractivity contribution is -0.377. The van der Waals surface area contributed by atoms with Crippen LogP contribution in [0.15, 0.2) is 46.6 Å². The molecule has 2 aliphatic rings. The van der Waals surface area contributed by atoms with E-state index in [0.717, 1.165) is 103 Å². The number of rotatable bonds is 105. The van der Waals surface area contributed by atoms with Crippen molar-refractivity contribution in [3.05, 3.63) is 46.6 Å². The number of carbonyl (C=O) groups excluding carboxylic acids is 5. The lowest BCUT2D eigenvalue weighted by atomic mass is 9.91. The largest absolute Gasteiger partial charge is 0.459 e. The highest BCUT2D eigenvalue weighted by atomic mass is 16.8. The van der Waals surface area contributed by atoms with Crippen molar-refractivity contribution >= 4 is 29.8 Å². The second-order valence-corrected chi connectivity index (χ2v) is 48.9. The van der Waals surface area contributed by atoms with E-state index in [1.165, 1.54) is 424 Å². The maximum atomic E-state index is 15.1. The summed E-state index contributed by atoms with van der Waals surface area (Å²) in [7, 11) is 0. The van der Waals surface area contributed by atoms with Crippen molar-refractivity contribution in [1.82, 2.24) is 0 Å². The first kappa shape index (κ1) is 142. The molecule has 16 heteroatoms. The van der Waals surface area contributed by atoms with Crippen LogP contribution in [0.1, 0.15) is 657 Å². The molecule has 0 aromatic heterocycles. The number of aliphatic hydroxyl groups is 3. The summed E-state index contributed by atoms with van der Waals surface area (Å²) in [5.41, 5.74) is 1.18. The zero-order valence-corrected chi connectivity index (χ0v) is 102. The molecular weight excluding hydrogens is 1870 g/mol. The summed E-state index contributed by atoms with van der Waals surface area (Å²) in [5.74, 6) is -2.17. The third kappa shape index (κ3) is 76.7. The van der Waals surface area contributed by atoms with E-state index in [1.807, 2.05) is 24.3 Å². The quantitative estimate of drug-likeness (QED) is 0.0223. The molecule has 2 saturated heterocycles. The minimum atomic E-state index is -1.92. The number of hydrogen-bond donors (Lipinski definition) is 3. The minimum Gasteiger partial charge on any atom is -0.459 e. The Morgan fingerprint density at radius 2 is 0.453 bits per heavy atom. The van der Waals surface area contributed by atoms with Gasteiger partial charge in [0.2, 0.25) is 12.6 Å². The molecule has 0 bridgehead atoms. The molecule has 0 aliphatic carbocycles. The van der Waals surface area contributed by atoms with Crippen LogP contribution >= 0.6 is 0 Å². The van der Waals surface area contributed by atoms with Crippen molar-refractivity contribution in [1.29, 1.82) is 0 Å². The van der Waals surface area contributed by atoms with Gasteiger partial charge in [-0.2, -0.15) is 0 Å².